The van der Waals surface area contributed by atoms with Gasteiger partial charge in [0.2, 0.25) is 0 Å². The highest BCUT2D eigenvalue weighted by Crippen LogP contribution is 2.44. The summed E-state index contributed by atoms with van der Waals surface area (Å²) >= 11 is 9.87. The molecule has 5 nitrogen and oxygen atoms in total. The van der Waals surface area contributed by atoms with Crippen LogP contribution in [0, 0.1) is 6.92 Å². The highest BCUT2D eigenvalue weighted by atomic mass is 35.5. The third kappa shape index (κ3) is 3.93. The number of rotatable bonds is 5. The van der Waals surface area contributed by atoms with Crippen LogP contribution in [0.2, 0.25) is 4.34 Å². The Morgan fingerprint density at radius 2 is 1.93 bits per heavy atom. The minimum absolute atomic E-state index is 0.277. The standard InChI is InChI=1S/C20H15ClN2O3S3/c1-3-26-20(25)16-10(2)15(18-22-11-6-4-5-7-12(11)28-18)19(29-16)23-17(24)13-8-9-14(21)27-13/h4-9H,3H2,1-2H3,(H,23,24). The van der Waals surface area contributed by atoms with Crippen molar-refractivity contribution >= 4 is 72.7 Å². The number of ether oxygens (including phenoxy) is 1. The number of carbonyl (C=O) groups is 2. The van der Waals surface area contributed by atoms with Gasteiger partial charge in [-0.25, -0.2) is 9.78 Å². The molecule has 4 aromatic rings. The zero-order valence-electron chi connectivity index (χ0n) is 15.4. The van der Waals surface area contributed by atoms with Gasteiger partial charge in [0.15, 0.2) is 0 Å². The number of hydrogen-bond acceptors (Lipinski definition) is 7. The summed E-state index contributed by atoms with van der Waals surface area (Å²) < 4.78 is 6.76. The number of para-hydroxylation sites is 1. The van der Waals surface area contributed by atoms with Crippen LogP contribution < -0.4 is 5.32 Å². The maximum absolute atomic E-state index is 12.7. The Hall–Kier alpha value is -2.26. The van der Waals surface area contributed by atoms with Crippen molar-refractivity contribution < 1.29 is 14.3 Å². The van der Waals surface area contributed by atoms with Gasteiger partial charge < -0.3 is 10.1 Å². The van der Waals surface area contributed by atoms with Crippen LogP contribution in [0.4, 0.5) is 5.00 Å². The third-order valence-corrected chi connectivity index (χ3v) is 7.61. The summed E-state index contributed by atoms with van der Waals surface area (Å²) in [7, 11) is 0. The molecule has 0 saturated carbocycles. The molecule has 9 heteroatoms. The van der Waals surface area contributed by atoms with Gasteiger partial charge in [0.05, 0.1) is 26.0 Å². The number of anilines is 1. The van der Waals surface area contributed by atoms with Crippen LogP contribution in [0.15, 0.2) is 36.4 Å². The lowest BCUT2D eigenvalue weighted by Gasteiger charge is -2.04. The summed E-state index contributed by atoms with van der Waals surface area (Å²) in [5.41, 5.74) is 2.36. The first-order valence-electron chi connectivity index (χ1n) is 8.71. The zero-order valence-corrected chi connectivity index (χ0v) is 18.7. The lowest BCUT2D eigenvalue weighted by molar-refractivity contribution is 0.0531. The number of aromatic nitrogens is 1. The van der Waals surface area contributed by atoms with E-state index in [4.69, 9.17) is 21.3 Å². The maximum Gasteiger partial charge on any atom is 0.348 e. The second-order valence-corrected chi connectivity index (χ2v) is 9.79. The largest absolute Gasteiger partial charge is 0.462 e. The van der Waals surface area contributed by atoms with E-state index < -0.39 is 5.97 Å². The molecule has 148 valence electrons. The molecule has 1 amide bonds. The number of thiazole rings is 1. The Labute approximate surface area is 183 Å². The Balaban J connectivity index is 1.81. The van der Waals surface area contributed by atoms with Crippen molar-refractivity contribution in [1.29, 1.82) is 0 Å². The normalized spacial score (nSPS) is 11.0. The molecule has 0 saturated heterocycles. The number of amides is 1. The number of nitrogens with zero attached hydrogens (tertiary/aromatic N) is 1. The molecule has 0 aliphatic heterocycles. The van der Waals surface area contributed by atoms with Crippen LogP contribution in [0.3, 0.4) is 0 Å². The smallest absolute Gasteiger partial charge is 0.348 e. The van der Waals surface area contributed by atoms with Gasteiger partial charge in [-0.1, -0.05) is 23.7 Å². The number of halogens is 1. The molecule has 0 spiro atoms. The molecular formula is C20H15ClN2O3S3. The summed E-state index contributed by atoms with van der Waals surface area (Å²) in [6.45, 7) is 3.89. The van der Waals surface area contributed by atoms with Gasteiger partial charge in [0.25, 0.3) is 5.91 Å². The van der Waals surface area contributed by atoms with E-state index in [0.717, 1.165) is 26.4 Å². The van der Waals surface area contributed by atoms with Crippen LogP contribution in [-0.4, -0.2) is 23.5 Å². The molecule has 0 bridgehead atoms. The molecule has 1 aromatic carbocycles. The van der Waals surface area contributed by atoms with Crippen molar-refractivity contribution in [3.8, 4) is 10.6 Å². The monoisotopic (exact) mass is 462 g/mol. The predicted octanol–water partition coefficient (Wildman–Crippen LogP) is 6.48. The van der Waals surface area contributed by atoms with Crippen LogP contribution in [-0.2, 0) is 4.74 Å². The third-order valence-electron chi connectivity index (χ3n) is 4.14. The van der Waals surface area contributed by atoms with Crippen molar-refractivity contribution in [2.24, 2.45) is 0 Å². The van der Waals surface area contributed by atoms with E-state index in [2.05, 4.69) is 5.32 Å². The zero-order chi connectivity index (χ0) is 20.5. The molecule has 0 unspecified atom stereocenters. The second kappa shape index (κ2) is 8.23. The number of nitrogens with one attached hydrogen (secondary N) is 1. The minimum Gasteiger partial charge on any atom is -0.462 e. The highest BCUT2D eigenvalue weighted by molar-refractivity contribution is 7.23. The van der Waals surface area contributed by atoms with Crippen molar-refractivity contribution in [3.05, 3.63) is 56.1 Å². The molecule has 0 aliphatic carbocycles. The molecule has 0 radical (unpaired) electrons. The van der Waals surface area contributed by atoms with Gasteiger partial charge in [-0.05, 0) is 43.7 Å². The summed E-state index contributed by atoms with van der Waals surface area (Å²) in [6.07, 6.45) is 0. The van der Waals surface area contributed by atoms with Crippen molar-refractivity contribution in [2.45, 2.75) is 13.8 Å². The maximum atomic E-state index is 12.7. The summed E-state index contributed by atoms with van der Waals surface area (Å²) in [5.74, 6) is -0.682. The molecule has 3 aromatic heterocycles. The fraction of sp³-hybridized carbons (Fsp3) is 0.150. The van der Waals surface area contributed by atoms with E-state index in [1.807, 2.05) is 31.2 Å². The topological polar surface area (TPSA) is 68.3 Å². The fourth-order valence-electron chi connectivity index (χ4n) is 2.83. The first-order chi connectivity index (χ1) is 14.0. The van der Waals surface area contributed by atoms with Gasteiger partial charge in [-0.15, -0.1) is 34.0 Å². The minimum atomic E-state index is -0.406. The lowest BCUT2D eigenvalue weighted by atomic mass is 10.1. The molecule has 29 heavy (non-hydrogen) atoms. The average Bonchev–Trinajstić information content (AvgIpc) is 3.38. The van der Waals surface area contributed by atoms with Crippen molar-refractivity contribution in [2.75, 3.05) is 11.9 Å². The van der Waals surface area contributed by atoms with E-state index in [-0.39, 0.29) is 12.5 Å². The quantitative estimate of drug-likeness (QED) is 0.345. The van der Waals surface area contributed by atoms with Crippen LogP contribution in [0.1, 0.15) is 31.8 Å². The van der Waals surface area contributed by atoms with Crippen LogP contribution in [0.25, 0.3) is 20.8 Å². The highest BCUT2D eigenvalue weighted by Gasteiger charge is 2.25. The molecule has 1 N–H and O–H groups in total. The van der Waals surface area contributed by atoms with Gasteiger partial charge in [-0.3, -0.25) is 4.79 Å². The summed E-state index contributed by atoms with van der Waals surface area (Å²) in [6, 6.07) is 11.2. The van der Waals surface area contributed by atoms with E-state index in [1.54, 1.807) is 19.1 Å². The summed E-state index contributed by atoms with van der Waals surface area (Å²) in [5, 5.41) is 4.25. The fourth-order valence-corrected chi connectivity index (χ4v) is 6.00. The predicted molar refractivity (Wildman–Crippen MR) is 121 cm³/mol. The number of carbonyl (C=O) groups excluding carboxylic acids is 2. The van der Waals surface area contributed by atoms with E-state index in [1.165, 1.54) is 34.0 Å². The number of hydrogen-bond donors (Lipinski definition) is 1. The van der Waals surface area contributed by atoms with Gasteiger partial charge in [0, 0.05) is 5.56 Å². The van der Waals surface area contributed by atoms with Gasteiger partial charge >= 0.3 is 5.97 Å². The number of benzene rings is 1. The Kier molecular flexibility index (Phi) is 5.69. The van der Waals surface area contributed by atoms with E-state index in [9.17, 15) is 9.59 Å². The Bertz CT molecular complexity index is 1190. The first kappa shape index (κ1) is 20.0. The molecule has 0 aliphatic rings. The summed E-state index contributed by atoms with van der Waals surface area (Å²) in [4.78, 5) is 30.8. The molecular weight excluding hydrogens is 448 g/mol. The SMILES string of the molecule is CCOC(=O)c1sc(NC(=O)c2ccc(Cl)s2)c(-c2nc3ccccc3s2)c1C. The van der Waals surface area contributed by atoms with Crippen molar-refractivity contribution in [1.82, 2.24) is 4.98 Å². The first-order valence-corrected chi connectivity index (χ1v) is 11.5. The van der Waals surface area contributed by atoms with Gasteiger partial charge in [-0.2, -0.15) is 0 Å². The molecule has 0 atom stereocenters. The average molecular weight is 463 g/mol. The number of fused-ring (bicyclic) bond motifs is 1. The van der Waals surface area contributed by atoms with E-state index in [0.29, 0.717) is 19.1 Å². The van der Waals surface area contributed by atoms with Crippen LogP contribution >= 0.6 is 45.6 Å². The molecule has 4 rings (SSSR count). The van der Waals surface area contributed by atoms with Gasteiger partial charge in [0.1, 0.15) is 14.9 Å². The second-order valence-electron chi connectivity index (χ2n) is 6.03. The number of esters is 1. The molecule has 0 fully saturated rings. The van der Waals surface area contributed by atoms with E-state index >= 15 is 0 Å². The molecule has 3 heterocycles. The number of thiophene rings is 2. The Morgan fingerprint density at radius 3 is 2.62 bits per heavy atom. The Morgan fingerprint density at radius 1 is 1.14 bits per heavy atom. The lowest BCUT2D eigenvalue weighted by Crippen LogP contribution is -2.09. The van der Waals surface area contributed by atoms with Crippen molar-refractivity contribution in [3.63, 3.8) is 0 Å². The van der Waals surface area contributed by atoms with Crippen LogP contribution in [0.5, 0.6) is 0 Å².